The van der Waals surface area contributed by atoms with Gasteiger partial charge in [-0.15, -0.1) is 0 Å². The number of methoxy groups -OCH3 is 1. The van der Waals surface area contributed by atoms with E-state index in [-0.39, 0.29) is 0 Å². The molecule has 0 saturated heterocycles. The average molecular weight is 242 g/mol. The summed E-state index contributed by atoms with van der Waals surface area (Å²) in [4.78, 5) is 0. The highest BCUT2D eigenvalue weighted by Gasteiger charge is 2.35. The largest absolute Gasteiger partial charge is 0.497 e. The van der Waals surface area contributed by atoms with Crippen LogP contribution in [0.25, 0.3) is 5.69 Å². The summed E-state index contributed by atoms with van der Waals surface area (Å²) in [6.45, 7) is 0. The van der Waals surface area contributed by atoms with Crippen LogP contribution in [-0.2, 0) is 6.18 Å². The summed E-state index contributed by atoms with van der Waals surface area (Å²) in [6, 6.07) is 7.21. The highest BCUT2D eigenvalue weighted by atomic mass is 19.4. The van der Waals surface area contributed by atoms with E-state index in [0.29, 0.717) is 11.4 Å². The summed E-state index contributed by atoms with van der Waals surface area (Å²) >= 11 is 0. The monoisotopic (exact) mass is 242 g/mol. The van der Waals surface area contributed by atoms with Gasteiger partial charge in [0.1, 0.15) is 11.4 Å². The maximum absolute atomic E-state index is 12.7. The molecule has 1 aromatic carbocycles. The zero-order chi connectivity index (χ0) is 12.5. The molecule has 0 saturated carbocycles. The quantitative estimate of drug-likeness (QED) is 0.809. The Kier molecular flexibility index (Phi) is 2.79. The minimum Gasteiger partial charge on any atom is -0.497 e. The van der Waals surface area contributed by atoms with Gasteiger partial charge in [0.2, 0.25) is 0 Å². The van der Waals surface area contributed by atoms with Crippen molar-refractivity contribution in [1.29, 1.82) is 0 Å². The Morgan fingerprint density at radius 2 is 2.00 bits per heavy atom. The topological polar surface area (TPSA) is 27.1 Å². The molecule has 17 heavy (non-hydrogen) atoms. The maximum Gasteiger partial charge on any atom is 0.433 e. The van der Waals surface area contributed by atoms with E-state index in [1.54, 1.807) is 12.1 Å². The van der Waals surface area contributed by atoms with Gasteiger partial charge in [-0.1, -0.05) is 6.07 Å². The molecule has 1 heterocycles. The molecule has 0 N–H and O–H groups in total. The highest BCUT2D eigenvalue weighted by Crippen LogP contribution is 2.30. The Morgan fingerprint density at radius 1 is 1.24 bits per heavy atom. The lowest BCUT2D eigenvalue weighted by Crippen LogP contribution is -2.13. The summed E-state index contributed by atoms with van der Waals surface area (Å²) < 4.78 is 43.8. The molecule has 6 heteroatoms. The Hall–Kier alpha value is -1.98. The number of aromatic nitrogens is 2. The van der Waals surface area contributed by atoms with Gasteiger partial charge in [0.05, 0.1) is 19.0 Å². The number of nitrogens with zero attached hydrogens (tertiary/aromatic N) is 2. The van der Waals surface area contributed by atoms with Crippen molar-refractivity contribution in [2.45, 2.75) is 6.18 Å². The first-order chi connectivity index (χ1) is 8.02. The smallest absolute Gasteiger partial charge is 0.433 e. The van der Waals surface area contributed by atoms with E-state index in [2.05, 4.69) is 5.10 Å². The minimum atomic E-state index is -4.43. The van der Waals surface area contributed by atoms with Crippen LogP contribution in [0.2, 0.25) is 0 Å². The van der Waals surface area contributed by atoms with Crippen molar-refractivity contribution < 1.29 is 17.9 Å². The Balaban J connectivity index is 2.50. The second-order valence-corrected chi connectivity index (χ2v) is 3.33. The van der Waals surface area contributed by atoms with E-state index in [4.69, 9.17) is 4.74 Å². The second kappa shape index (κ2) is 4.12. The van der Waals surface area contributed by atoms with Gasteiger partial charge in [0.15, 0.2) is 0 Å². The van der Waals surface area contributed by atoms with Crippen molar-refractivity contribution >= 4 is 0 Å². The predicted molar refractivity (Wildman–Crippen MR) is 55.1 cm³/mol. The molecule has 0 spiro atoms. The fourth-order valence-corrected chi connectivity index (χ4v) is 1.47. The molecular formula is C11H9F3N2O. The average Bonchev–Trinajstić information content (AvgIpc) is 2.77. The summed E-state index contributed by atoms with van der Waals surface area (Å²) in [5.74, 6) is 0.478. The van der Waals surface area contributed by atoms with Gasteiger partial charge < -0.3 is 4.74 Å². The number of alkyl halides is 3. The van der Waals surface area contributed by atoms with E-state index >= 15 is 0 Å². The molecule has 0 fully saturated rings. The normalized spacial score (nSPS) is 11.5. The van der Waals surface area contributed by atoms with Gasteiger partial charge in [-0.3, -0.25) is 0 Å². The molecule has 0 aliphatic rings. The first-order valence-electron chi connectivity index (χ1n) is 4.78. The number of ether oxygens (including phenoxy) is 1. The number of hydrogen-bond acceptors (Lipinski definition) is 2. The van der Waals surface area contributed by atoms with Crippen LogP contribution in [0.4, 0.5) is 13.2 Å². The van der Waals surface area contributed by atoms with Crippen molar-refractivity contribution in [2.24, 2.45) is 0 Å². The number of hydrogen-bond donors (Lipinski definition) is 0. The van der Waals surface area contributed by atoms with Crippen LogP contribution in [0.5, 0.6) is 5.75 Å². The molecule has 2 aromatic rings. The van der Waals surface area contributed by atoms with Gasteiger partial charge in [0.25, 0.3) is 0 Å². The summed E-state index contributed by atoms with van der Waals surface area (Å²) in [5.41, 5.74) is -0.507. The number of halogens is 3. The Labute approximate surface area is 95.4 Å². The third-order valence-electron chi connectivity index (χ3n) is 2.23. The van der Waals surface area contributed by atoms with Crippen molar-refractivity contribution in [3.63, 3.8) is 0 Å². The molecule has 0 radical (unpaired) electrons. The Bertz CT molecular complexity index is 519. The standard InChI is InChI=1S/C11H9F3N2O/c1-17-9-4-2-3-8(7-9)16-10(5-6-15-16)11(12,13)14/h2-7H,1H3. The lowest BCUT2D eigenvalue weighted by molar-refractivity contribution is -0.142. The molecule has 0 amide bonds. The summed E-state index contributed by atoms with van der Waals surface area (Å²) in [6.07, 6.45) is -3.32. The van der Waals surface area contributed by atoms with Gasteiger partial charge in [-0.25, -0.2) is 4.68 Å². The summed E-state index contributed by atoms with van der Waals surface area (Å²) in [7, 11) is 1.45. The van der Waals surface area contributed by atoms with Gasteiger partial charge in [-0.05, 0) is 18.2 Å². The fourth-order valence-electron chi connectivity index (χ4n) is 1.47. The SMILES string of the molecule is COc1cccc(-n2nccc2C(F)(F)F)c1. The van der Waals surface area contributed by atoms with Crippen LogP contribution < -0.4 is 4.74 Å². The molecule has 0 unspecified atom stereocenters. The lowest BCUT2D eigenvalue weighted by Gasteiger charge is -2.10. The van der Waals surface area contributed by atoms with E-state index in [1.165, 1.54) is 19.2 Å². The highest BCUT2D eigenvalue weighted by molar-refractivity contribution is 5.40. The molecule has 90 valence electrons. The van der Waals surface area contributed by atoms with Crippen molar-refractivity contribution in [3.05, 3.63) is 42.2 Å². The molecule has 0 aliphatic carbocycles. The van der Waals surface area contributed by atoms with Crippen molar-refractivity contribution in [1.82, 2.24) is 9.78 Å². The third kappa shape index (κ3) is 2.25. The predicted octanol–water partition coefficient (Wildman–Crippen LogP) is 2.90. The van der Waals surface area contributed by atoms with E-state index in [9.17, 15) is 13.2 Å². The zero-order valence-electron chi connectivity index (χ0n) is 8.90. The molecule has 0 atom stereocenters. The van der Waals surface area contributed by atoms with Crippen LogP contribution in [-0.4, -0.2) is 16.9 Å². The van der Waals surface area contributed by atoms with E-state index < -0.39 is 11.9 Å². The number of benzene rings is 1. The van der Waals surface area contributed by atoms with E-state index in [0.717, 1.165) is 16.9 Å². The van der Waals surface area contributed by atoms with Gasteiger partial charge in [0, 0.05) is 6.07 Å². The van der Waals surface area contributed by atoms with Crippen LogP contribution in [0, 0.1) is 0 Å². The molecule has 1 aromatic heterocycles. The molecule has 0 aliphatic heterocycles. The third-order valence-corrected chi connectivity index (χ3v) is 2.23. The van der Waals surface area contributed by atoms with Crippen LogP contribution in [0.3, 0.4) is 0 Å². The molecular weight excluding hydrogens is 233 g/mol. The lowest BCUT2D eigenvalue weighted by atomic mass is 10.3. The minimum absolute atomic E-state index is 0.307. The van der Waals surface area contributed by atoms with E-state index in [1.807, 2.05) is 0 Å². The maximum atomic E-state index is 12.7. The number of rotatable bonds is 2. The van der Waals surface area contributed by atoms with Crippen molar-refractivity contribution in [3.8, 4) is 11.4 Å². The van der Waals surface area contributed by atoms with Gasteiger partial charge >= 0.3 is 6.18 Å². The first kappa shape index (κ1) is 11.5. The second-order valence-electron chi connectivity index (χ2n) is 3.33. The van der Waals surface area contributed by atoms with Crippen LogP contribution >= 0.6 is 0 Å². The van der Waals surface area contributed by atoms with Crippen LogP contribution in [0.15, 0.2) is 36.5 Å². The van der Waals surface area contributed by atoms with Gasteiger partial charge in [-0.2, -0.15) is 18.3 Å². The Morgan fingerprint density at radius 3 is 2.65 bits per heavy atom. The molecule has 2 rings (SSSR count). The van der Waals surface area contributed by atoms with Crippen molar-refractivity contribution in [2.75, 3.05) is 7.11 Å². The fraction of sp³-hybridized carbons (Fsp3) is 0.182. The molecule has 0 bridgehead atoms. The summed E-state index contributed by atoms with van der Waals surface area (Å²) in [5, 5.41) is 3.67. The van der Waals surface area contributed by atoms with Crippen LogP contribution in [0.1, 0.15) is 5.69 Å². The zero-order valence-corrected chi connectivity index (χ0v) is 8.90. The molecule has 3 nitrogen and oxygen atoms in total. The first-order valence-corrected chi connectivity index (χ1v) is 4.78.